The molecule has 0 aromatic heterocycles. The second kappa shape index (κ2) is 4.40. The minimum atomic E-state index is 0.0887. The average molecular weight is 233 g/mol. The lowest BCUT2D eigenvalue weighted by Gasteiger charge is -2.48. The van der Waals surface area contributed by atoms with Gasteiger partial charge in [-0.2, -0.15) is 0 Å². The van der Waals surface area contributed by atoms with Crippen LogP contribution in [0.3, 0.4) is 0 Å². The summed E-state index contributed by atoms with van der Waals surface area (Å²) in [6.45, 7) is 6.11. The van der Waals surface area contributed by atoms with E-state index in [2.05, 4.69) is 13.8 Å². The SMILES string of the molecule is COc1ccc([C@@H]2[C@@H](C)C(=O)N2C(C)C)cc1. The maximum atomic E-state index is 11.8. The molecule has 92 valence electrons. The van der Waals surface area contributed by atoms with Crippen LogP contribution in [-0.2, 0) is 4.79 Å². The lowest BCUT2D eigenvalue weighted by molar-refractivity contribution is -0.158. The summed E-state index contributed by atoms with van der Waals surface area (Å²) < 4.78 is 5.14. The highest BCUT2D eigenvalue weighted by atomic mass is 16.5. The van der Waals surface area contributed by atoms with Gasteiger partial charge in [-0.15, -0.1) is 0 Å². The summed E-state index contributed by atoms with van der Waals surface area (Å²) in [6, 6.07) is 8.45. The van der Waals surface area contributed by atoms with Crippen LogP contribution < -0.4 is 4.74 Å². The number of ether oxygens (including phenoxy) is 1. The van der Waals surface area contributed by atoms with Crippen LogP contribution in [0.25, 0.3) is 0 Å². The van der Waals surface area contributed by atoms with Gasteiger partial charge in [0.15, 0.2) is 0 Å². The summed E-state index contributed by atoms with van der Waals surface area (Å²) in [6.07, 6.45) is 0. The van der Waals surface area contributed by atoms with Gasteiger partial charge in [0.1, 0.15) is 5.75 Å². The van der Waals surface area contributed by atoms with Crippen molar-refractivity contribution in [2.24, 2.45) is 5.92 Å². The molecule has 1 aliphatic rings. The number of nitrogens with zero attached hydrogens (tertiary/aromatic N) is 1. The van der Waals surface area contributed by atoms with Crippen LogP contribution >= 0.6 is 0 Å². The smallest absolute Gasteiger partial charge is 0.228 e. The van der Waals surface area contributed by atoms with Crippen LogP contribution in [0.2, 0.25) is 0 Å². The Labute approximate surface area is 102 Å². The number of carbonyl (C=O) groups is 1. The molecule has 2 rings (SSSR count). The molecule has 1 amide bonds. The third kappa shape index (κ3) is 1.90. The number of hydrogen-bond donors (Lipinski definition) is 0. The van der Waals surface area contributed by atoms with E-state index in [9.17, 15) is 4.79 Å². The Morgan fingerprint density at radius 1 is 1.24 bits per heavy atom. The standard InChI is InChI=1S/C14H19NO2/c1-9(2)15-13(10(3)14(15)16)11-5-7-12(17-4)8-6-11/h5-10,13H,1-4H3/t10-,13+/m1/s1. The van der Waals surface area contributed by atoms with Gasteiger partial charge in [-0.25, -0.2) is 0 Å². The predicted octanol–water partition coefficient (Wildman–Crippen LogP) is 2.62. The Morgan fingerprint density at radius 2 is 1.82 bits per heavy atom. The lowest BCUT2D eigenvalue weighted by Crippen LogP contribution is -2.56. The van der Waals surface area contributed by atoms with E-state index in [0.717, 1.165) is 5.75 Å². The van der Waals surface area contributed by atoms with Crippen LogP contribution in [0.5, 0.6) is 5.75 Å². The highest BCUT2D eigenvalue weighted by Gasteiger charge is 2.45. The van der Waals surface area contributed by atoms with E-state index in [-0.39, 0.29) is 23.9 Å². The van der Waals surface area contributed by atoms with E-state index in [1.165, 1.54) is 5.56 Å². The normalized spacial score (nSPS) is 23.8. The minimum absolute atomic E-state index is 0.0887. The van der Waals surface area contributed by atoms with E-state index in [4.69, 9.17) is 4.74 Å². The zero-order chi connectivity index (χ0) is 12.6. The van der Waals surface area contributed by atoms with E-state index >= 15 is 0 Å². The summed E-state index contributed by atoms with van der Waals surface area (Å²) in [7, 11) is 1.66. The molecule has 1 heterocycles. The van der Waals surface area contributed by atoms with E-state index in [0.29, 0.717) is 0 Å². The molecule has 1 fully saturated rings. The van der Waals surface area contributed by atoms with Crippen LogP contribution in [0, 0.1) is 5.92 Å². The highest BCUT2D eigenvalue weighted by Crippen LogP contribution is 2.41. The number of hydrogen-bond acceptors (Lipinski definition) is 2. The van der Waals surface area contributed by atoms with E-state index < -0.39 is 0 Å². The quantitative estimate of drug-likeness (QED) is 0.751. The molecule has 17 heavy (non-hydrogen) atoms. The van der Waals surface area contributed by atoms with Gasteiger partial charge in [-0.3, -0.25) is 4.79 Å². The van der Waals surface area contributed by atoms with Crippen LogP contribution in [-0.4, -0.2) is 24.0 Å². The van der Waals surface area contributed by atoms with Crippen molar-refractivity contribution in [3.8, 4) is 5.75 Å². The van der Waals surface area contributed by atoms with Crippen molar-refractivity contribution in [3.63, 3.8) is 0 Å². The van der Waals surface area contributed by atoms with Crippen molar-refractivity contribution in [1.82, 2.24) is 4.90 Å². The largest absolute Gasteiger partial charge is 0.497 e. The molecule has 2 atom stereocenters. The number of amides is 1. The molecule has 3 heteroatoms. The van der Waals surface area contributed by atoms with Crippen LogP contribution in [0.15, 0.2) is 24.3 Å². The molecule has 0 saturated carbocycles. The molecule has 0 N–H and O–H groups in total. The van der Waals surface area contributed by atoms with Gasteiger partial charge >= 0.3 is 0 Å². The molecule has 1 aliphatic heterocycles. The maximum Gasteiger partial charge on any atom is 0.228 e. The number of methoxy groups -OCH3 is 1. The Hall–Kier alpha value is -1.51. The first-order chi connectivity index (χ1) is 8.06. The van der Waals surface area contributed by atoms with E-state index in [1.54, 1.807) is 7.11 Å². The van der Waals surface area contributed by atoms with Crippen molar-refractivity contribution in [1.29, 1.82) is 0 Å². The lowest BCUT2D eigenvalue weighted by atomic mass is 9.82. The molecule has 1 aromatic rings. The number of carbonyl (C=O) groups excluding carboxylic acids is 1. The average Bonchev–Trinajstić information content (AvgIpc) is 2.34. The maximum absolute atomic E-state index is 11.8. The molecule has 0 bridgehead atoms. The molecule has 0 spiro atoms. The fraction of sp³-hybridized carbons (Fsp3) is 0.500. The van der Waals surface area contributed by atoms with Crippen molar-refractivity contribution in [2.75, 3.05) is 7.11 Å². The highest BCUT2D eigenvalue weighted by molar-refractivity contribution is 5.86. The molecule has 1 aromatic carbocycles. The monoisotopic (exact) mass is 233 g/mol. The van der Waals surface area contributed by atoms with Crippen molar-refractivity contribution in [3.05, 3.63) is 29.8 Å². The fourth-order valence-electron chi connectivity index (χ4n) is 2.49. The van der Waals surface area contributed by atoms with Crippen molar-refractivity contribution < 1.29 is 9.53 Å². The molecular weight excluding hydrogens is 214 g/mol. The Balaban J connectivity index is 2.23. The molecule has 3 nitrogen and oxygen atoms in total. The molecular formula is C14H19NO2. The van der Waals surface area contributed by atoms with Gasteiger partial charge in [0.25, 0.3) is 0 Å². The summed E-state index contributed by atoms with van der Waals surface area (Å²) >= 11 is 0. The molecule has 0 unspecified atom stereocenters. The Bertz CT molecular complexity index is 411. The van der Waals surface area contributed by atoms with Gasteiger partial charge < -0.3 is 9.64 Å². The summed E-state index contributed by atoms with van der Waals surface area (Å²) in [5.74, 6) is 1.19. The van der Waals surface area contributed by atoms with Gasteiger partial charge in [0, 0.05) is 6.04 Å². The summed E-state index contributed by atoms with van der Waals surface area (Å²) in [5.41, 5.74) is 1.19. The number of benzene rings is 1. The fourth-order valence-corrected chi connectivity index (χ4v) is 2.49. The van der Waals surface area contributed by atoms with Gasteiger partial charge in [0.2, 0.25) is 5.91 Å². The first-order valence-electron chi connectivity index (χ1n) is 6.02. The van der Waals surface area contributed by atoms with Crippen LogP contribution in [0.4, 0.5) is 0 Å². The summed E-state index contributed by atoms with van der Waals surface area (Å²) in [4.78, 5) is 13.8. The molecule has 0 radical (unpaired) electrons. The van der Waals surface area contributed by atoms with Gasteiger partial charge in [-0.05, 0) is 31.5 Å². The molecule has 1 saturated heterocycles. The second-order valence-electron chi connectivity index (χ2n) is 4.85. The second-order valence-corrected chi connectivity index (χ2v) is 4.85. The van der Waals surface area contributed by atoms with E-state index in [1.807, 2.05) is 36.1 Å². The first-order valence-corrected chi connectivity index (χ1v) is 6.02. The van der Waals surface area contributed by atoms with Crippen LogP contribution in [0.1, 0.15) is 32.4 Å². The summed E-state index contributed by atoms with van der Waals surface area (Å²) in [5, 5.41) is 0. The number of likely N-dealkylation sites (tertiary alicyclic amines) is 1. The topological polar surface area (TPSA) is 29.5 Å². The number of rotatable bonds is 3. The third-order valence-corrected chi connectivity index (χ3v) is 3.43. The Morgan fingerprint density at radius 3 is 2.29 bits per heavy atom. The number of β-lactam (4-membered cyclic amide) rings is 1. The van der Waals surface area contributed by atoms with Crippen molar-refractivity contribution in [2.45, 2.75) is 32.9 Å². The Kier molecular flexibility index (Phi) is 3.09. The molecule has 0 aliphatic carbocycles. The third-order valence-electron chi connectivity index (χ3n) is 3.43. The zero-order valence-corrected chi connectivity index (χ0v) is 10.8. The first kappa shape index (κ1) is 12.0. The predicted molar refractivity (Wildman–Crippen MR) is 66.9 cm³/mol. The zero-order valence-electron chi connectivity index (χ0n) is 10.8. The van der Waals surface area contributed by atoms with Gasteiger partial charge in [-0.1, -0.05) is 19.1 Å². The minimum Gasteiger partial charge on any atom is -0.497 e. The van der Waals surface area contributed by atoms with Crippen molar-refractivity contribution >= 4 is 5.91 Å². The van der Waals surface area contributed by atoms with Gasteiger partial charge in [0.05, 0.1) is 19.1 Å².